The maximum atomic E-state index is 13.2. The van der Waals surface area contributed by atoms with E-state index in [1.165, 1.54) is 12.1 Å². The van der Waals surface area contributed by atoms with Crippen LogP contribution in [0.3, 0.4) is 0 Å². The van der Waals surface area contributed by atoms with Gasteiger partial charge in [-0.25, -0.2) is 4.39 Å². The lowest BCUT2D eigenvalue weighted by Gasteiger charge is -2.60. The number of carbonyl (C=O) groups excluding carboxylic acids is 2. The van der Waals surface area contributed by atoms with Gasteiger partial charge >= 0.3 is 0 Å². The van der Waals surface area contributed by atoms with Crippen LogP contribution in [-0.4, -0.2) is 34.8 Å². The molecule has 29 heavy (non-hydrogen) atoms. The van der Waals surface area contributed by atoms with Crippen LogP contribution in [0.15, 0.2) is 36.4 Å². The van der Waals surface area contributed by atoms with Crippen molar-refractivity contribution in [1.29, 1.82) is 0 Å². The fourth-order valence-corrected chi connectivity index (χ4v) is 6.57. The molecule has 1 aromatic heterocycles. The van der Waals surface area contributed by atoms with E-state index in [-0.39, 0.29) is 29.1 Å². The predicted octanol–water partition coefficient (Wildman–Crippen LogP) is 3.57. The quantitative estimate of drug-likeness (QED) is 0.830. The standard InChI is InChI=1S/C23H26FN3O2/c1-27(20-15-8-13-9-16(20)12-23(10-13,11-15)22(25)29)21(28)19-7-6-18(26-19)14-2-4-17(24)5-3-14/h2-7,13,15-16,20,26H,8-12H2,1H3,(H2,25,29). The summed E-state index contributed by atoms with van der Waals surface area (Å²) in [6, 6.07) is 10.0. The van der Waals surface area contributed by atoms with E-state index in [0.717, 1.165) is 43.4 Å². The number of amides is 2. The van der Waals surface area contributed by atoms with Gasteiger partial charge in [0, 0.05) is 24.2 Å². The first-order valence-corrected chi connectivity index (χ1v) is 10.4. The Morgan fingerprint density at radius 2 is 1.72 bits per heavy atom. The van der Waals surface area contributed by atoms with Crippen molar-refractivity contribution in [3.05, 3.63) is 47.9 Å². The van der Waals surface area contributed by atoms with E-state index in [1.807, 2.05) is 18.0 Å². The third-order valence-corrected chi connectivity index (χ3v) is 7.59. The second-order valence-electron chi connectivity index (χ2n) is 9.31. The van der Waals surface area contributed by atoms with E-state index >= 15 is 0 Å². The molecule has 4 saturated carbocycles. The van der Waals surface area contributed by atoms with Crippen molar-refractivity contribution in [2.75, 3.05) is 7.05 Å². The highest BCUT2D eigenvalue weighted by molar-refractivity contribution is 5.93. The maximum absolute atomic E-state index is 13.2. The second kappa shape index (κ2) is 6.44. The molecule has 0 spiro atoms. The summed E-state index contributed by atoms with van der Waals surface area (Å²) in [6.07, 6.45) is 4.71. The molecule has 4 aliphatic carbocycles. The van der Waals surface area contributed by atoms with E-state index in [9.17, 15) is 14.0 Å². The highest BCUT2D eigenvalue weighted by Crippen LogP contribution is 2.60. The molecule has 0 radical (unpaired) electrons. The van der Waals surface area contributed by atoms with Crippen LogP contribution in [0.2, 0.25) is 0 Å². The minimum absolute atomic E-state index is 0.0380. The van der Waals surface area contributed by atoms with Crippen molar-refractivity contribution in [1.82, 2.24) is 9.88 Å². The summed E-state index contributed by atoms with van der Waals surface area (Å²) in [5.41, 5.74) is 7.60. The number of aromatic amines is 1. The number of hydrogen-bond acceptors (Lipinski definition) is 2. The molecular weight excluding hydrogens is 369 g/mol. The SMILES string of the molecule is CN(C(=O)c1ccc(-c2ccc(F)cc2)[nH]1)C1C2CC3CC1CC(C(N)=O)(C3)C2. The Hall–Kier alpha value is -2.63. The minimum atomic E-state index is -0.348. The first-order chi connectivity index (χ1) is 13.9. The van der Waals surface area contributed by atoms with Gasteiger partial charge in [0.2, 0.25) is 5.91 Å². The molecule has 4 fully saturated rings. The Bertz CT molecular complexity index is 951. The van der Waals surface area contributed by atoms with Crippen LogP contribution < -0.4 is 5.73 Å². The van der Waals surface area contributed by atoms with Gasteiger partial charge in [-0.1, -0.05) is 0 Å². The monoisotopic (exact) mass is 395 g/mol. The first-order valence-electron chi connectivity index (χ1n) is 10.4. The number of nitrogens with one attached hydrogen (secondary N) is 1. The Morgan fingerprint density at radius 1 is 1.07 bits per heavy atom. The van der Waals surface area contributed by atoms with Crippen molar-refractivity contribution in [3.63, 3.8) is 0 Å². The summed E-state index contributed by atoms with van der Waals surface area (Å²) < 4.78 is 13.2. The summed E-state index contributed by atoms with van der Waals surface area (Å²) in [7, 11) is 1.88. The zero-order chi connectivity index (χ0) is 20.3. The molecule has 4 aliphatic rings. The minimum Gasteiger partial charge on any atom is -0.369 e. The van der Waals surface area contributed by atoms with E-state index in [1.54, 1.807) is 18.2 Å². The topological polar surface area (TPSA) is 79.2 Å². The molecule has 0 aliphatic heterocycles. The predicted molar refractivity (Wildman–Crippen MR) is 107 cm³/mol. The van der Waals surface area contributed by atoms with Gasteiger partial charge in [0.25, 0.3) is 5.91 Å². The number of benzene rings is 1. The molecule has 1 aromatic carbocycles. The van der Waals surface area contributed by atoms with Crippen molar-refractivity contribution in [2.45, 2.75) is 38.1 Å². The molecule has 0 saturated heterocycles. The van der Waals surface area contributed by atoms with Gasteiger partial charge in [0.05, 0.1) is 0 Å². The van der Waals surface area contributed by atoms with Gasteiger partial charge < -0.3 is 15.6 Å². The summed E-state index contributed by atoms with van der Waals surface area (Å²) in [4.78, 5) is 30.4. The normalized spacial score (nSPS) is 32.3. The Kier molecular flexibility index (Phi) is 4.09. The Labute approximate surface area is 169 Å². The van der Waals surface area contributed by atoms with Crippen LogP contribution in [0.4, 0.5) is 4.39 Å². The van der Waals surface area contributed by atoms with Crippen LogP contribution in [0.5, 0.6) is 0 Å². The highest BCUT2D eigenvalue weighted by Gasteiger charge is 2.59. The number of carbonyl (C=O) groups is 2. The number of rotatable bonds is 4. The number of aromatic nitrogens is 1. The zero-order valence-corrected chi connectivity index (χ0v) is 16.5. The molecular formula is C23H26FN3O2. The number of hydrogen-bond donors (Lipinski definition) is 2. The number of halogens is 1. The summed E-state index contributed by atoms with van der Waals surface area (Å²) in [5, 5.41) is 0. The van der Waals surface area contributed by atoms with Crippen LogP contribution in [0.25, 0.3) is 11.3 Å². The van der Waals surface area contributed by atoms with Crippen molar-refractivity contribution < 1.29 is 14.0 Å². The number of primary amides is 1. The molecule has 2 aromatic rings. The lowest BCUT2D eigenvalue weighted by Crippen LogP contribution is -2.62. The van der Waals surface area contributed by atoms with Gasteiger partial charge in [-0.2, -0.15) is 0 Å². The first kappa shape index (κ1) is 18.4. The van der Waals surface area contributed by atoms with Crippen molar-refractivity contribution in [2.24, 2.45) is 28.9 Å². The molecule has 6 rings (SSSR count). The molecule has 4 bridgehead atoms. The molecule has 2 amide bonds. The molecule has 5 nitrogen and oxygen atoms in total. The third-order valence-electron chi connectivity index (χ3n) is 7.59. The van der Waals surface area contributed by atoms with E-state index in [4.69, 9.17) is 5.73 Å². The van der Waals surface area contributed by atoms with Gasteiger partial charge in [-0.15, -0.1) is 0 Å². The summed E-state index contributed by atoms with van der Waals surface area (Å²) in [5.74, 6) is 0.771. The Balaban J connectivity index is 1.36. The van der Waals surface area contributed by atoms with Gasteiger partial charge in [-0.3, -0.25) is 9.59 Å². The molecule has 2 unspecified atom stereocenters. The largest absolute Gasteiger partial charge is 0.369 e. The van der Waals surface area contributed by atoms with Gasteiger partial charge in [0.15, 0.2) is 0 Å². The second-order valence-corrected chi connectivity index (χ2v) is 9.31. The zero-order valence-electron chi connectivity index (χ0n) is 16.5. The lowest BCUT2D eigenvalue weighted by molar-refractivity contribution is -0.149. The van der Waals surface area contributed by atoms with Crippen molar-refractivity contribution in [3.8, 4) is 11.3 Å². The molecule has 6 heteroatoms. The summed E-state index contributed by atoms with van der Waals surface area (Å²) in [6.45, 7) is 0. The number of nitrogens with two attached hydrogens (primary N) is 1. The van der Waals surface area contributed by atoms with Crippen LogP contribution >= 0.6 is 0 Å². The lowest BCUT2D eigenvalue weighted by atomic mass is 9.47. The highest BCUT2D eigenvalue weighted by atomic mass is 19.1. The molecule has 152 valence electrons. The van der Waals surface area contributed by atoms with E-state index in [0.29, 0.717) is 23.4 Å². The number of H-pyrrole nitrogens is 1. The van der Waals surface area contributed by atoms with Crippen molar-refractivity contribution >= 4 is 11.8 Å². The van der Waals surface area contributed by atoms with E-state index < -0.39 is 0 Å². The molecule has 2 atom stereocenters. The van der Waals surface area contributed by atoms with Crippen LogP contribution in [-0.2, 0) is 4.79 Å². The van der Waals surface area contributed by atoms with E-state index in [2.05, 4.69) is 4.98 Å². The average molecular weight is 395 g/mol. The molecule has 1 heterocycles. The average Bonchev–Trinajstić information content (AvgIpc) is 3.17. The molecule has 3 N–H and O–H groups in total. The van der Waals surface area contributed by atoms with Gasteiger partial charge in [-0.05, 0) is 91.8 Å². The fraction of sp³-hybridized carbons (Fsp3) is 0.478. The third kappa shape index (κ3) is 2.88. The van der Waals surface area contributed by atoms with Crippen LogP contribution in [0, 0.1) is 29.0 Å². The van der Waals surface area contributed by atoms with Crippen LogP contribution in [0.1, 0.15) is 42.6 Å². The maximum Gasteiger partial charge on any atom is 0.270 e. The smallest absolute Gasteiger partial charge is 0.270 e. The summed E-state index contributed by atoms with van der Waals surface area (Å²) >= 11 is 0. The van der Waals surface area contributed by atoms with Gasteiger partial charge in [0.1, 0.15) is 11.5 Å². The fourth-order valence-electron chi connectivity index (χ4n) is 6.57. The Morgan fingerprint density at radius 3 is 2.34 bits per heavy atom. The number of nitrogens with zero attached hydrogens (tertiary/aromatic N) is 1.